The summed E-state index contributed by atoms with van der Waals surface area (Å²) in [6.45, 7) is 20.6. The second kappa shape index (κ2) is 6.97. The lowest BCUT2D eigenvalue weighted by molar-refractivity contribution is -0.195. The molecular formula is C26H47NO2. The molecule has 3 heteroatoms. The second-order valence-corrected chi connectivity index (χ2v) is 13.2. The molecule has 1 spiro atoms. The van der Waals surface area contributed by atoms with E-state index >= 15 is 0 Å². The molecule has 3 rings (SSSR count). The number of likely N-dealkylation sites (N-methyl/N-ethyl adjacent to an activating group) is 1. The van der Waals surface area contributed by atoms with E-state index in [4.69, 9.17) is 4.74 Å². The van der Waals surface area contributed by atoms with E-state index in [1.54, 1.807) is 0 Å². The third-order valence-corrected chi connectivity index (χ3v) is 9.66. The molecule has 0 aromatic carbocycles. The van der Waals surface area contributed by atoms with Crippen molar-refractivity contribution in [3.05, 3.63) is 0 Å². The van der Waals surface area contributed by atoms with Crippen molar-refractivity contribution in [2.45, 2.75) is 112 Å². The maximum Gasteiger partial charge on any atom is 0.326 e. The van der Waals surface area contributed by atoms with Gasteiger partial charge in [0.1, 0.15) is 11.1 Å². The molecular weight excluding hydrogens is 358 g/mol. The molecule has 0 saturated heterocycles. The highest BCUT2D eigenvalue weighted by molar-refractivity contribution is 5.81. The molecule has 1 N–H and O–H groups in total. The molecule has 0 heterocycles. The van der Waals surface area contributed by atoms with Gasteiger partial charge in [-0.05, 0) is 86.5 Å². The molecule has 3 aliphatic rings. The van der Waals surface area contributed by atoms with E-state index < -0.39 is 5.54 Å². The molecule has 6 atom stereocenters. The van der Waals surface area contributed by atoms with E-state index in [1.807, 2.05) is 14.0 Å². The number of nitrogens with one attached hydrogen (secondary N) is 1. The van der Waals surface area contributed by atoms with Crippen molar-refractivity contribution < 1.29 is 9.53 Å². The maximum absolute atomic E-state index is 13.7. The van der Waals surface area contributed by atoms with Gasteiger partial charge in [-0.2, -0.15) is 0 Å². The summed E-state index contributed by atoms with van der Waals surface area (Å²) in [4.78, 5) is 13.7. The fourth-order valence-electron chi connectivity index (χ4n) is 8.14. The van der Waals surface area contributed by atoms with E-state index in [0.29, 0.717) is 17.3 Å². The van der Waals surface area contributed by atoms with Gasteiger partial charge in [0.15, 0.2) is 0 Å². The Morgan fingerprint density at radius 3 is 2.24 bits per heavy atom. The largest absolute Gasteiger partial charge is 0.457 e. The topological polar surface area (TPSA) is 38.3 Å². The van der Waals surface area contributed by atoms with Gasteiger partial charge in [-0.15, -0.1) is 0 Å². The van der Waals surface area contributed by atoms with Crippen molar-refractivity contribution in [2.75, 3.05) is 7.05 Å². The van der Waals surface area contributed by atoms with Crippen LogP contribution in [0.25, 0.3) is 0 Å². The van der Waals surface area contributed by atoms with Gasteiger partial charge in [-0.25, -0.2) is 0 Å². The molecule has 0 radical (unpaired) electrons. The van der Waals surface area contributed by atoms with Gasteiger partial charge in [-0.3, -0.25) is 4.79 Å². The van der Waals surface area contributed by atoms with E-state index in [0.717, 1.165) is 24.7 Å². The van der Waals surface area contributed by atoms with Crippen molar-refractivity contribution in [3.8, 4) is 0 Å². The summed E-state index contributed by atoms with van der Waals surface area (Å²) in [7, 11) is 1.90. The molecule has 0 aliphatic heterocycles. The molecule has 3 fully saturated rings. The Hall–Kier alpha value is -0.570. The van der Waals surface area contributed by atoms with Crippen molar-refractivity contribution in [3.63, 3.8) is 0 Å². The standard InChI is InChI=1S/C26H47NO2/c1-17(2)26(29-21(28)24(9,27-10)16-22(4,5)6)14-13-25-15-20(26)23(7,8)19(25)12-11-18(25)3/h17-20,27H,11-16H2,1-10H3. The van der Waals surface area contributed by atoms with Crippen LogP contribution in [0.4, 0.5) is 0 Å². The molecule has 0 aromatic rings. The SMILES string of the molecule is CNC(C)(CC(C)(C)C)C(=O)OC1(C(C)C)CCC23CC1C(C)(C)C2CCC3C. The molecule has 6 unspecified atom stereocenters. The Labute approximate surface area is 180 Å². The predicted octanol–water partition coefficient (Wildman–Crippen LogP) is 6.21. The lowest BCUT2D eigenvalue weighted by Gasteiger charge is -2.52. The van der Waals surface area contributed by atoms with Crippen LogP contribution >= 0.6 is 0 Å². The average Bonchev–Trinajstić information content (AvgIpc) is 3.00. The number of esters is 1. The van der Waals surface area contributed by atoms with Gasteiger partial charge in [0, 0.05) is 5.92 Å². The lowest BCUT2D eigenvalue weighted by Crippen LogP contribution is -2.59. The number of rotatable bonds is 5. The summed E-state index contributed by atoms with van der Waals surface area (Å²) < 4.78 is 6.70. The van der Waals surface area contributed by atoms with Crippen molar-refractivity contribution in [2.24, 2.45) is 39.9 Å². The number of ether oxygens (including phenoxy) is 1. The van der Waals surface area contributed by atoms with Crippen LogP contribution in [0.1, 0.15) is 101 Å². The summed E-state index contributed by atoms with van der Waals surface area (Å²) in [6, 6.07) is 0. The Balaban J connectivity index is 1.95. The van der Waals surface area contributed by atoms with E-state index in [2.05, 4.69) is 60.7 Å². The van der Waals surface area contributed by atoms with Gasteiger partial charge >= 0.3 is 5.97 Å². The molecule has 29 heavy (non-hydrogen) atoms. The summed E-state index contributed by atoms with van der Waals surface area (Å²) >= 11 is 0. The smallest absolute Gasteiger partial charge is 0.326 e. The number of carbonyl (C=O) groups excluding carboxylic acids is 1. The van der Waals surface area contributed by atoms with Crippen molar-refractivity contribution in [1.82, 2.24) is 5.32 Å². The zero-order valence-electron chi connectivity index (χ0n) is 20.9. The van der Waals surface area contributed by atoms with Crippen LogP contribution in [0.2, 0.25) is 0 Å². The highest BCUT2D eigenvalue weighted by Gasteiger charge is 2.70. The minimum absolute atomic E-state index is 0.0531. The normalized spacial score (nSPS) is 40.6. The quantitative estimate of drug-likeness (QED) is 0.552. The predicted molar refractivity (Wildman–Crippen MR) is 121 cm³/mol. The third-order valence-electron chi connectivity index (χ3n) is 9.66. The molecule has 0 amide bonds. The Bertz CT molecular complexity index is 648. The van der Waals surface area contributed by atoms with Gasteiger partial charge in [0.2, 0.25) is 0 Å². The van der Waals surface area contributed by atoms with Crippen molar-refractivity contribution in [1.29, 1.82) is 0 Å². The van der Waals surface area contributed by atoms with Crippen LogP contribution in [0.15, 0.2) is 0 Å². The van der Waals surface area contributed by atoms with Gasteiger partial charge < -0.3 is 10.1 Å². The Morgan fingerprint density at radius 1 is 1.10 bits per heavy atom. The minimum Gasteiger partial charge on any atom is -0.457 e. The molecule has 2 bridgehead atoms. The molecule has 3 aliphatic carbocycles. The Morgan fingerprint density at radius 2 is 1.72 bits per heavy atom. The summed E-state index contributed by atoms with van der Waals surface area (Å²) in [5, 5.41) is 3.32. The zero-order valence-corrected chi connectivity index (χ0v) is 20.9. The summed E-state index contributed by atoms with van der Waals surface area (Å²) in [5.74, 6) is 2.32. The van der Waals surface area contributed by atoms with Crippen LogP contribution in [0.3, 0.4) is 0 Å². The molecule has 3 saturated carbocycles. The highest BCUT2D eigenvalue weighted by Crippen LogP contribution is 2.74. The first-order valence-corrected chi connectivity index (χ1v) is 12.1. The molecule has 3 nitrogen and oxygen atoms in total. The second-order valence-electron chi connectivity index (χ2n) is 13.2. The first-order valence-electron chi connectivity index (χ1n) is 12.1. The fourth-order valence-corrected chi connectivity index (χ4v) is 8.14. The van der Waals surface area contributed by atoms with Gasteiger partial charge in [0.05, 0.1) is 0 Å². The van der Waals surface area contributed by atoms with Crippen LogP contribution < -0.4 is 5.32 Å². The Kier molecular flexibility index (Phi) is 5.55. The maximum atomic E-state index is 13.7. The number of fused-ring (bicyclic) bond motifs is 1. The number of carbonyl (C=O) groups is 1. The van der Waals surface area contributed by atoms with Crippen LogP contribution in [-0.2, 0) is 9.53 Å². The number of hydrogen-bond donors (Lipinski definition) is 1. The number of hydrogen-bond acceptors (Lipinski definition) is 3. The van der Waals surface area contributed by atoms with Crippen LogP contribution in [0, 0.1) is 39.9 Å². The van der Waals surface area contributed by atoms with Gasteiger partial charge in [-0.1, -0.05) is 55.4 Å². The lowest BCUT2D eigenvalue weighted by atomic mass is 9.60. The monoisotopic (exact) mass is 405 g/mol. The zero-order chi connectivity index (χ0) is 22.0. The first kappa shape index (κ1) is 23.1. The highest BCUT2D eigenvalue weighted by atomic mass is 16.6. The van der Waals surface area contributed by atoms with E-state index in [1.165, 1.54) is 25.7 Å². The van der Waals surface area contributed by atoms with Crippen LogP contribution in [0.5, 0.6) is 0 Å². The molecule has 168 valence electrons. The van der Waals surface area contributed by atoms with E-state index in [-0.39, 0.29) is 22.4 Å². The molecule has 0 aromatic heterocycles. The average molecular weight is 406 g/mol. The summed E-state index contributed by atoms with van der Waals surface area (Å²) in [5.41, 5.74) is -0.229. The van der Waals surface area contributed by atoms with Gasteiger partial charge in [0.25, 0.3) is 0 Å². The minimum atomic E-state index is -0.652. The van der Waals surface area contributed by atoms with Crippen molar-refractivity contribution >= 4 is 5.97 Å². The van der Waals surface area contributed by atoms with E-state index in [9.17, 15) is 4.79 Å². The fraction of sp³-hybridized carbons (Fsp3) is 0.962. The van der Waals surface area contributed by atoms with Crippen LogP contribution in [-0.4, -0.2) is 24.2 Å². The third kappa shape index (κ3) is 3.38. The first-order chi connectivity index (χ1) is 13.1. The summed E-state index contributed by atoms with van der Waals surface area (Å²) in [6.07, 6.45) is 6.98.